The first-order valence-corrected chi connectivity index (χ1v) is 7.51. The van der Waals surface area contributed by atoms with Crippen LogP contribution in [0.2, 0.25) is 0 Å². The van der Waals surface area contributed by atoms with Crippen molar-refractivity contribution >= 4 is 26.0 Å². The molecule has 0 atom stereocenters. The van der Waals surface area contributed by atoms with E-state index in [1.54, 1.807) is 18.2 Å². The minimum atomic E-state index is -3.39. The Morgan fingerprint density at radius 2 is 2.00 bits per heavy atom. The fraction of sp³-hybridized carbons (Fsp3) is 0.455. The van der Waals surface area contributed by atoms with Crippen LogP contribution in [-0.4, -0.2) is 40.5 Å². The average molecular weight is 321 g/mol. The van der Waals surface area contributed by atoms with Gasteiger partial charge in [0, 0.05) is 17.6 Å². The fourth-order valence-electron chi connectivity index (χ4n) is 1.27. The first kappa shape index (κ1) is 14.6. The van der Waals surface area contributed by atoms with E-state index in [2.05, 4.69) is 20.7 Å². The average Bonchev–Trinajstić information content (AvgIpc) is 2.21. The fourth-order valence-corrected chi connectivity index (χ4v) is 2.62. The van der Waals surface area contributed by atoms with Crippen molar-refractivity contribution in [2.45, 2.75) is 11.8 Å². The molecule has 0 aliphatic carbocycles. The van der Waals surface area contributed by atoms with Gasteiger partial charge in [-0.25, -0.2) is 13.1 Å². The highest BCUT2D eigenvalue weighted by molar-refractivity contribution is 9.10. The molecule has 96 valence electrons. The number of hydrogen-bond donors (Lipinski definition) is 1. The van der Waals surface area contributed by atoms with E-state index in [9.17, 15) is 8.42 Å². The molecule has 1 aromatic rings. The lowest BCUT2D eigenvalue weighted by Crippen LogP contribution is -2.31. The lowest BCUT2D eigenvalue weighted by atomic mass is 10.2. The molecule has 0 saturated heterocycles. The van der Waals surface area contributed by atoms with E-state index in [0.717, 1.165) is 10.0 Å². The number of nitrogens with zero attached hydrogens (tertiary/aromatic N) is 1. The summed E-state index contributed by atoms with van der Waals surface area (Å²) in [6.45, 7) is 2.95. The van der Waals surface area contributed by atoms with Crippen molar-refractivity contribution in [3.05, 3.63) is 28.2 Å². The third-order valence-corrected chi connectivity index (χ3v) is 4.64. The number of benzene rings is 1. The zero-order valence-electron chi connectivity index (χ0n) is 10.2. The molecule has 1 rings (SSSR count). The normalized spacial score (nSPS) is 12.1. The van der Waals surface area contributed by atoms with Crippen LogP contribution in [0.5, 0.6) is 0 Å². The van der Waals surface area contributed by atoms with Crippen molar-refractivity contribution in [3.63, 3.8) is 0 Å². The number of hydrogen-bond acceptors (Lipinski definition) is 3. The van der Waals surface area contributed by atoms with Crippen LogP contribution in [0.3, 0.4) is 0 Å². The molecule has 6 heteroatoms. The van der Waals surface area contributed by atoms with Gasteiger partial charge in [0.2, 0.25) is 10.0 Å². The molecule has 4 nitrogen and oxygen atoms in total. The quantitative estimate of drug-likeness (QED) is 0.896. The van der Waals surface area contributed by atoms with Gasteiger partial charge in [0.05, 0.1) is 4.90 Å². The van der Waals surface area contributed by atoms with Crippen LogP contribution in [0.4, 0.5) is 0 Å². The van der Waals surface area contributed by atoms with Crippen LogP contribution in [0.1, 0.15) is 5.56 Å². The lowest BCUT2D eigenvalue weighted by Gasteiger charge is -2.11. The maximum atomic E-state index is 11.9. The summed E-state index contributed by atoms with van der Waals surface area (Å²) < 4.78 is 27.3. The van der Waals surface area contributed by atoms with Crippen LogP contribution in [0.25, 0.3) is 0 Å². The van der Waals surface area contributed by atoms with E-state index < -0.39 is 10.0 Å². The predicted molar refractivity (Wildman–Crippen MR) is 72.6 cm³/mol. The Balaban J connectivity index is 2.79. The summed E-state index contributed by atoms with van der Waals surface area (Å²) >= 11 is 3.35. The SMILES string of the molecule is Cc1cc(S(=O)(=O)NCCN(C)C)ccc1Br. The van der Waals surface area contributed by atoms with Gasteiger partial charge < -0.3 is 4.90 Å². The number of halogens is 1. The lowest BCUT2D eigenvalue weighted by molar-refractivity contribution is 0.412. The van der Waals surface area contributed by atoms with Crippen molar-refractivity contribution in [2.24, 2.45) is 0 Å². The Morgan fingerprint density at radius 1 is 1.35 bits per heavy atom. The molecule has 0 bridgehead atoms. The summed E-state index contributed by atoms with van der Waals surface area (Å²) in [5, 5.41) is 0. The number of nitrogens with one attached hydrogen (secondary N) is 1. The summed E-state index contributed by atoms with van der Waals surface area (Å²) in [6, 6.07) is 4.99. The smallest absolute Gasteiger partial charge is 0.240 e. The van der Waals surface area contributed by atoms with Gasteiger partial charge in [0.1, 0.15) is 0 Å². The van der Waals surface area contributed by atoms with Crippen molar-refractivity contribution in [1.29, 1.82) is 0 Å². The summed E-state index contributed by atoms with van der Waals surface area (Å²) in [5.41, 5.74) is 0.903. The third-order valence-electron chi connectivity index (χ3n) is 2.29. The van der Waals surface area contributed by atoms with Gasteiger partial charge in [-0.3, -0.25) is 0 Å². The molecule has 0 unspecified atom stereocenters. The van der Waals surface area contributed by atoms with Crippen molar-refractivity contribution in [3.8, 4) is 0 Å². The van der Waals surface area contributed by atoms with E-state index in [1.165, 1.54) is 0 Å². The minimum absolute atomic E-state index is 0.303. The number of likely N-dealkylation sites (N-methyl/N-ethyl adjacent to an activating group) is 1. The Bertz CT molecular complexity index is 486. The third kappa shape index (κ3) is 4.39. The van der Waals surface area contributed by atoms with Gasteiger partial charge in [0.15, 0.2) is 0 Å². The molecule has 0 fully saturated rings. The maximum absolute atomic E-state index is 11.9. The largest absolute Gasteiger partial charge is 0.308 e. The molecule has 0 aliphatic heterocycles. The molecular formula is C11H17BrN2O2S. The predicted octanol–water partition coefficient (Wildman–Crippen LogP) is 1.60. The summed E-state index contributed by atoms with van der Waals surface area (Å²) in [7, 11) is 0.409. The van der Waals surface area contributed by atoms with E-state index in [4.69, 9.17) is 0 Å². The molecule has 0 radical (unpaired) electrons. The molecule has 17 heavy (non-hydrogen) atoms. The minimum Gasteiger partial charge on any atom is -0.308 e. The first-order valence-electron chi connectivity index (χ1n) is 5.23. The summed E-state index contributed by atoms with van der Waals surface area (Å²) in [5.74, 6) is 0. The highest BCUT2D eigenvalue weighted by atomic mass is 79.9. The van der Waals surface area contributed by atoms with Crippen LogP contribution in [-0.2, 0) is 10.0 Å². The van der Waals surface area contributed by atoms with E-state index in [-0.39, 0.29) is 0 Å². The van der Waals surface area contributed by atoms with Crippen LogP contribution in [0, 0.1) is 6.92 Å². The molecular weight excluding hydrogens is 304 g/mol. The van der Waals surface area contributed by atoms with Crippen LogP contribution >= 0.6 is 15.9 Å². The van der Waals surface area contributed by atoms with Crippen LogP contribution in [0.15, 0.2) is 27.6 Å². The van der Waals surface area contributed by atoms with Gasteiger partial charge in [-0.2, -0.15) is 0 Å². The van der Waals surface area contributed by atoms with Gasteiger partial charge in [-0.05, 0) is 44.8 Å². The zero-order chi connectivity index (χ0) is 13.1. The molecule has 0 aromatic heterocycles. The number of aryl methyl sites for hydroxylation is 1. The van der Waals surface area contributed by atoms with Gasteiger partial charge in [-0.15, -0.1) is 0 Å². The highest BCUT2D eigenvalue weighted by Crippen LogP contribution is 2.19. The number of rotatable bonds is 5. The second-order valence-electron chi connectivity index (χ2n) is 4.11. The Morgan fingerprint density at radius 3 is 2.53 bits per heavy atom. The van der Waals surface area contributed by atoms with Gasteiger partial charge in [0.25, 0.3) is 0 Å². The number of sulfonamides is 1. The summed E-state index contributed by atoms with van der Waals surface area (Å²) in [4.78, 5) is 2.23. The van der Waals surface area contributed by atoms with Crippen molar-refractivity contribution in [2.75, 3.05) is 27.2 Å². The topological polar surface area (TPSA) is 49.4 Å². The monoisotopic (exact) mass is 320 g/mol. The highest BCUT2D eigenvalue weighted by Gasteiger charge is 2.13. The maximum Gasteiger partial charge on any atom is 0.240 e. The van der Waals surface area contributed by atoms with Gasteiger partial charge in [-0.1, -0.05) is 15.9 Å². The van der Waals surface area contributed by atoms with E-state index in [0.29, 0.717) is 18.0 Å². The van der Waals surface area contributed by atoms with E-state index >= 15 is 0 Å². The van der Waals surface area contributed by atoms with Gasteiger partial charge >= 0.3 is 0 Å². The molecule has 0 heterocycles. The van der Waals surface area contributed by atoms with Crippen LogP contribution < -0.4 is 4.72 Å². The molecule has 1 N–H and O–H groups in total. The second kappa shape index (κ2) is 5.95. The first-order chi connectivity index (χ1) is 7.83. The molecule has 0 spiro atoms. The second-order valence-corrected chi connectivity index (χ2v) is 6.73. The van der Waals surface area contributed by atoms with Crippen molar-refractivity contribution in [1.82, 2.24) is 9.62 Å². The Labute approximate surface area is 111 Å². The summed E-state index contributed by atoms with van der Waals surface area (Å²) in [6.07, 6.45) is 0. The van der Waals surface area contributed by atoms with Crippen molar-refractivity contribution < 1.29 is 8.42 Å². The zero-order valence-corrected chi connectivity index (χ0v) is 12.6. The molecule has 0 aliphatic rings. The molecule has 1 aromatic carbocycles. The standard InChI is InChI=1S/C11H17BrN2O2S/c1-9-8-10(4-5-11(9)12)17(15,16)13-6-7-14(2)3/h4-5,8,13H,6-7H2,1-3H3. The Hall–Kier alpha value is -0.430. The Kier molecular flexibility index (Phi) is 5.12. The molecule has 0 amide bonds. The van der Waals surface area contributed by atoms with E-state index in [1.807, 2.05) is 25.9 Å². The molecule has 0 saturated carbocycles.